The molecule has 0 N–H and O–H groups in total. The highest BCUT2D eigenvalue weighted by molar-refractivity contribution is 6.82. The van der Waals surface area contributed by atoms with Crippen molar-refractivity contribution in [2.24, 2.45) is 5.92 Å². The normalized spacial score (nSPS) is 19.2. The van der Waals surface area contributed by atoms with Crippen LogP contribution in [0.3, 0.4) is 0 Å². The molecule has 0 bridgehead atoms. The smallest absolute Gasteiger partial charge is 0.136 e. The van der Waals surface area contributed by atoms with E-state index < -0.39 is 5.60 Å². The Balaban J connectivity index is 1.26. The lowest BCUT2D eigenvalue weighted by Crippen LogP contribution is -2.41. The molecule has 0 aliphatic heterocycles. The van der Waals surface area contributed by atoms with E-state index in [4.69, 9.17) is 4.74 Å². The van der Waals surface area contributed by atoms with E-state index in [1.807, 2.05) is 0 Å². The molecular formula is C64H9O. The predicted octanol–water partition coefficient (Wildman–Crippen LogP) is 17.6. The van der Waals surface area contributed by atoms with Crippen LogP contribution in [-0.2, 0) is 10.3 Å². The summed E-state index contributed by atoms with van der Waals surface area (Å²) in [5, 5.41) is 88.4. The molecule has 1 radical (unpaired) electrons. The van der Waals surface area contributed by atoms with Crippen LogP contribution in [0.2, 0.25) is 0 Å². The van der Waals surface area contributed by atoms with Gasteiger partial charge in [0.05, 0.1) is 12.5 Å². The number of hydrogen-bond acceptors (Lipinski definition) is 1. The summed E-state index contributed by atoms with van der Waals surface area (Å²) in [6.07, 6.45) is 0. The average molecular weight is 794 g/mol. The van der Waals surface area contributed by atoms with Crippen molar-refractivity contribution in [3.63, 3.8) is 0 Å². The van der Waals surface area contributed by atoms with Crippen molar-refractivity contribution in [2.75, 3.05) is 6.61 Å². The summed E-state index contributed by atoms with van der Waals surface area (Å²) < 4.78 is 8.30. The van der Waals surface area contributed by atoms with E-state index in [9.17, 15) is 0 Å². The van der Waals surface area contributed by atoms with Crippen LogP contribution < -0.4 is 0 Å². The van der Waals surface area contributed by atoms with Crippen molar-refractivity contribution < 1.29 is 4.74 Å². The Labute approximate surface area is 354 Å². The number of hydrogen-bond donors (Lipinski definition) is 0. The van der Waals surface area contributed by atoms with Crippen molar-refractivity contribution in [1.82, 2.24) is 0 Å². The summed E-state index contributed by atoms with van der Waals surface area (Å²) in [5.41, 5.74) is 5.70. The number of ether oxygens (including phenoxy) is 1. The van der Waals surface area contributed by atoms with Crippen LogP contribution in [0.25, 0.3) is 291 Å². The molecule has 4 aliphatic rings. The molecule has 1 nitrogen and oxygen atoms in total. The van der Waals surface area contributed by atoms with Gasteiger partial charge in [0.25, 0.3) is 0 Å². The predicted molar refractivity (Wildman–Crippen MR) is 275 cm³/mol. The van der Waals surface area contributed by atoms with Gasteiger partial charge in [-0.2, -0.15) is 0 Å². The summed E-state index contributed by atoms with van der Waals surface area (Å²) >= 11 is 0. The molecule has 0 fully saturated rings. The van der Waals surface area contributed by atoms with Crippen molar-refractivity contribution in [3.05, 3.63) is 28.2 Å². The number of benzene rings is 18. The third-order valence-corrected chi connectivity index (χ3v) is 23.4. The lowest BCUT2D eigenvalue weighted by molar-refractivity contribution is -0.00994. The van der Waals surface area contributed by atoms with E-state index >= 15 is 0 Å². The van der Waals surface area contributed by atoms with Crippen LogP contribution in [-0.4, -0.2) is 6.61 Å². The minimum absolute atomic E-state index is 0.415. The van der Waals surface area contributed by atoms with Crippen LogP contribution in [0.1, 0.15) is 36.1 Å². The van der Waals surface area contributed by atoms with Gasteiger partial charge >= 0.3 is 0 Å². The molecule has 0 amide bonds. The first-order valence-corrected chi connectivity index (χ1v) is 24.6. The van der Waals surface area contributed by atoms with Crippen LogP contribution >= 0.6 is 0 Å². The molecule has 32 rings (SSSR count). The molecule has 271 valence electrons. The van der Waals surface area contributed by atoms with Gasteiger partial charge in [0, 0.05) is 11.1 Å². The standard InChI is InChI=1S/C64H9O/c1-4(2)3-65-64-61-57-51-37-29-21-9-6-5-7-10(9)22-24-20-14(7)16-12-8(5)11-15-13(6)19-23(21)35(37)43-41-27(19)25(15)33-31-17(11)18(12)32-34-26(16)28(20)42-44-36(24)38(30(22)29)52(51)58(61)54(44)56-48(42)46(34)50-40(32)39(31)49-45(33)47(41)55(53(43)57)62(64)59(49)60(50)63(56)64/h4H,3H2,1-2H3. The highest BCUT2D eigenvalue weighted by Gasteiger charge is 2.64. The van der Waals surface area contributed by atoms with Crippen LogP contribution in [0.5, 0.6) is 0 Å². The van der Waals surface area contributed by atoms with E-state index in [0.29, 0.717) is 5.92 Å². The fourth-order valence-electron chi connectivity index (χ4n) is 23.3. The summed E-state index contributed by atoms with van der Waals surface area (Å²) in [4.78, 5) is 0. The Bertz CT molecular complexity index is 6710. The molecule has 0 saturated heterocycles. The van der Waals surface area contributed by atoms with Crippen molar-refractivity contribution >= 4 is 291 Å². The first-order valence-electron chi connectivity index (χ1n) is 24.6. The molecule has 0 saturated carbocycles. The van der Waals surface area contributed by atoms with Gasteiger partial charge in [0.2, 0.25) is 0 Å². The van der Waals surface area contributed by atoms with Gasteiger partial charge in [-0.15, -0.1) is 0 Å². The zero-order valence-electron chi connectivity index (χ0n) is 33.7. The van der Waals surface area contributed by atoms with E-state index in [-0.39, 0.29) is 0 Å². The van der Waals surface area contributed by atoms with Gasteiger partial charge in [-0.05, 0) is 308 Å². The summed E-state index contributed by atoms with van der Waals surface area (Å²) in [6, 6.07) is 0. The van der Waals surface area contributed by atoms with Crippen molar-refractivity contribution in [2.45, 2.75) is 19.4 Å². The second kappa shape index (κ2) is 5.32. The molecule has 0 unspecified atom stereocenters. The van der Waals surface area contributed by atoms with Gasteiger partial charge < -0.3 is 4.74 Å². The maximum atomic E-state index is 8.30. The summed E-state index contributed by atoms with van der Waals surface area (Å²) in [5.74, 6) is 1.99. The summed E-state index contributed by atoms with van der Waals surface area (Å²) in [6.45, 7) is 5.54. The van der Waals surface area contributed by atoms with Gasteiger partial charge in [-0.25, -0.2) is 0 Å². The monoisotopic (exact) mass is 793 g/mol. The molecule has 65 heavy (non-hydrogen) atoms. The lowest BCUT2D eigenvalue weighted by atomic mass is 9.64. The third-order valence-electron chi connectivity index (χ3n) is 23.4. The maximum Gasteiger partial charge on any atom is 0.136 e. The molecule has 0 atom stereocenters. The second-order valence-corrected chi connectivity index (χ2v) is 24.5. The van der Waals surface area contributed by atoms with Gasteiger partial charge in [0.1, 0.15) is 5.60 Å². The third kappa shape index (κ3) is 1.26. The van der Waals surface area contributed by atoms with E-state index in [1.165, 1.54) is 0 Å². The SMILES string of the molecule is CC(C)COC12[C]3c4c5c6c1c1c7c2c2c8c3c3c4c4c9c5c5c6c6c1c1c%10c7c7c2c2c8c8c3c3c4c4c9c9c5c5c6c1c1c6c%10c7c7c2c2c8c3c3c4c4c9c5c1c1c6c7c2c3c41. The molecule has 4 aliphatic carbocycles. The van der Waals surface area contributed by atoms with E-state index in [0.717, 1.165) is 6.61 Å². The Kier molecular flexibility index (Phi) is 1.96. The zero-order valence-corrected chi connectivity index (χ0v) is 33.7. The Morgan fingerprint density at radius 1 is 0.231 bits per heavy atom. The van der Waals surface area contributed by atoms with Gasteiger partial charge in [0.15, 0.2) is 0 Å². The van der Waals surface area contributed by atoms with E-state index in [2.05, 4.69) is 13.8 Å². The fourth-order valence-corrected chi connectivity index (χ4v) is 23.3. The Morgan fingerprint density at radius 2 is 0.385 bits per heavy atom. The second-order valence-electron chi connectivity index (χ2n) is 24.5. The first-order chi connectivity index (χ1) is 32.3. The van der Waals surface area contributed by atoms with Gasteiger partial charge in [-0.3, -0.25) is 0 Å². The largest absolute Gasteiger partial charge is 0.364 e. The minimum Gasteiger partial charge on any atom is -0.364 e. The zero-order chi connectivity index (χ0) is 38.6. The molecule has 28 aromatic carbocycles. The fraction of sp³-hybridized carbons (Fsp3) is 0.0781. The first kappa shape index (κ1) is 23.9. The average Bonchev–Trinajstić information content (AvgIpc) is 4.15. The molecule has 28 aromatic rings. The quantitative estimate of drug-likeness (QED) is 0.162. The molecular weight excluding hydrogens is 785 g/mol. The molecule has 0 spiro atoms. The summed E-state index contributed by atoms with van der Waals surface area (Å²) in [7, 11) is 0. The topological polar surface area (TPSA) is 9.23 Å². The number of rotatable bonds is 3. The van der Waals surface area contributed by atoms with Crippen LogP contribution in [0.4, 0.5) is 0 Å². The molecule has 0 heterocycles. The van der Waals surface area contributed by atoms with E-state index in [1.54, 1.807) is 319 Å². The molecule has 0 aromatic heterocycles. The van der Waals surface area contributed by atoms with Gasteiger partial charge in [-0.1, -0.05) is 13.8 Å². The Hall–Kier alpha value is -7.58. The Morgan fingerprint density at radius 3 is 0.585 bits per heavy atom. The van der Waals surface area contributed by atoms with Crippen molar-refractivity contribution in [1.29, 1.82) is 0 Å². The molecule has 1 heteroatoms. The highest BCUT2D eigenvalue weighted by atomic mass is 16.5. The highest BCUT2D eigenvalue weighted by Crippen LogP contribution is 2.83. The van der Waals surface area contributed by atoms with Crippen LogP contribution in [0.15, 0.2) is 0 Å². The minimum atomic E-state index is -0.643. The van der Waals surface area contributed by atoms with Crippen molar-refractivity contribution in [3.8, 4) is 0 Å². The maximum absolute atomic E-state index is 8.30. The van der Waals surface area contributed by atoms with Crippen LogP contribution in [0, 0.1) is 11.8 Å². The lowest BCUT2D eigenvalue weighted by Gasteiger charge is -2.44.